The second-order valence-electron chi connectivity index (χ2n) is 8.11. The van der Waals surface area contributed by atoms with Crippen molar-refractivity contribution in [2.75, 3.05) is 39.5 Å². The lowest BCUT2D eigenvalue weighted by Gasteiger charge is -2.32. The SMILES string of the molecule is CCCCCCCCCCCCCCCC(=O)N1CCO[P+]([S-])(OCCN)OCC1. The van der Waals surface area contributed by atoms with Crippen molar-refractivity contribution in [3.8, 4) is 0 Å². The van der Waals surface area contributed by atoms with E-state index in [1.165, 1.54) is 70.6 Å². The number of nitrogens with two attached hydrogens (primary N) is 1. The minimum Gasteiger partial charge on any atom is -0.459 e. The third-order valence-electron chi connectivity index (χ3n) is 5.44. The Morgan fingerprint density at radius 3 is 1.83 bits per heavy atom. The summed E-state index contributed by atoms with van der Waals surface area (Å²) in [5.41, 5.74) is 5.44. The Hall–Kier alpha value is 0.0900. The summed E-state index contributed by atoms with van der Waals surface area (Å²) in [6, 6.07) is 0. The van der Waals surface area contributed by atoms with Crippen LogP contribution in [0.5, 0.6) is 0 Å². The minimum absolute atomic E-state index is 0.184. The van der Waals surface area contributed by atoms with Crippen molar-refractivity contribution in [3.05, 3.63) is 0 Å². The average molecular weight is 465 g/mol. The van der Waals surface area contributed by atoms with Crippen LogP contribution in [0.4, 0.5) is 0 Å². The van der Waals surface area contributed by atoms with Gasteiger partial charge in [-0.25, -0.2) is 0 Å². The van der Waals surface area contributed by atoms with Gasteiger partial charge in [0.15, 0.2) is 0 Å². The highest BCUT2D eigenvalue weighted by atomic mass is 32.7. The third kappa shape index (κ3) is 14.2. The molecule has 1 amide bonds. The molecule has 0 aliphatic carbocycles. The second-order valence-corrected chi connectivity index (χ2v) is 11.1. The van der Waals surface area contributed by atoms with Gasteiger partial charge in [0, 0.05) is 26.1 Å². The van der Waals surface area contributed by atoms with E-state index < -0.39 is 7.15 Å². The van der Waals surface area contributed by atoms with Gasteiger partial charge in [0.25, 0.3) is 7.15 Å². The molecule has 0 saturated carbocycles. The van der Waals surface area contributed by atoms with E-state index in [0.29, 0.717) is 45.9 Å². The molecule has 1 rings (SSSR count). The quantitative estimate of drug-likeness (QED) is 0.173. The molecule has 178 valence electrons. The smallest absolute Gasteiger partial charge is 0.290 e. The number of rotatable bonds is 17. The molecule has 0 aromatic carbocycles. The molecule has 8 heteroatoms. The van der Waals surface area contributed by atoms with Crippen LogP contribution in [0.25, 0.3) is 0 Å². The standard InChI is InChI=1S/C22H45N2O4PS/c1-2-3-4-5-6-7-8-9-10-11-12-13-14-15-22(25)24-17-20-27-29(30,26-19-16-23)28-21-18-24/h2-21,23H2,1H3. The number of carbonyl (C=O) groups excluding carboxylic acids is 1. The monoisotopic (exact) mass is 464 g/mol. The zero-order valence-corrected chi connectivity index (χ0v) is 20.9. The molecule has 0 radical (unpaired) electrons. The summed E-state index contributed by atoms with van der Waals surface area (Å²) < 4.78 is 16.7. The van der Waals surface area contributed by atoms with Crippen LogP contribution < -0.4 is 5.73 Å². The van der Waals surface area contributed by atoms with Gasteiger partial charge in [0.2, 0.25) is 5.91 Å². The molecule has 6 nitrogen and oxygen atoms in total. The lowest BCUT2D eigenvalue weighted by atomic mass is 10.0. The summed E-state index contributed by atoms with van der Waals surface area (Å²) in [7, 11) is -2.69. The molecule has 1 aliphatic heterocycles. The highest BCUT2D eigenvalue weighted by molar-refractivity contribution is 8.35. The average Bonchev–Trinajstić information content (AvgIpc) is 2.72. The van der Waals surface area contributed by atoms with E-state index in [0.717, 1.165) is 12.8 Å². The van der Waals surface area contributed by atoms with Gasteiger partial charge in [-0.2, -0.15) is 13.6 Å². The van der Waals surface area contributed by atoms with Crippen molar-refractivity contribution in [2.45, 2.75) is 96.8 Å². The van der Waals surface area contributed by atoms with Crippen LogP contribution in [0.15, 0.2) is 0 Å². The maximum Gasteiger partial charge on any atom is 0.290 e. The number of amides is 1. The van der Waals surface area contributed by atoms with E-state index in [-0.39, 0.29) is 5.91 Å². The molecule has 2 N–H and O–H groups in total. The normalized spacial score (nSPS) is 17.0. The predicted octanol–water partition coefficient (Wildman–Crippen LogP) is 5.54. The molecular weight excluding hydrogens is 419 g/mol. The third-order valence-corrected chi connectivity index (χ3v) is 7.88. The number of nitrogens with zero attached hydrogens (tertiary/aromatic N) is 1. The maximum atomic E-state index is 12.4. The Bertz CT molecular complexity index is 422. The van der Waals surface area contributed by atoms with E-state index in [2.05, 4.69) is 6.92 Å². The van der Waals surface area contributed by atoms with Crippen molar-refractivity contribution < 1.29 is 18.4 Å². The zero-order chi connectivity index (χ0) is 21.9. The summed E-state index contributed by atoms with van der Waals surface area (Å²) in [6.07, 6.45) is 17.7. The van der Waals surface area contributed by atoms with Gasteiger partial charge in [0.1, 0.15) is 19.8 Å². The number of unbranched alkanes of at least 4 members (excludes halogenated alkanes) is 12. The van der Waals surface area contributed by atoms with Crippen LogP contribution in [0, 0.1) is 0 Å². The molecule has 0 aromatic heterocycles. The Kier molecular flexibility index (Phi) is 17.5. The van der Waals surface area contributed by atoms with Gasteiger partial charge in [-0.3, -0.25) is 4.79 Å². The zero-order valence-electron chi connectivity index (χ0n) is 19.2. The molecule has 1 aliphatic rings. The lowest BCUT2D eigenvalue weighted by Crippen LogP contribution is -2.38. The summed E-state index contributed by atoms with van der Waals surface area (Å²) in [6.45, 7) is 4.78. The molecule has 1 fully saturated rings. The minimum atomic E-state index is -2.69. The molecule has 0 bridgehead atoms. The van der Waals surface area contributed by atoms with Crippen molar-refractivity contribution in [1.29, 1.82) is 0 Å². The number of hydrogen-bond acceptors (Lipinski definition) is 6. The molecule has 0 aromatic rings. The first-order valence-electron chi connectivity index (χ1n) is 12.1. The Morgan fingerprint density at radius 2 is 1.37 bits per heavy atom. The van der Waals surface area contributed by atoms with Gasteiger partial charge >= 0.3 is 0 Å². The molecule has 0 atom stereocenters. The van der Waals surface area contributed by atoms with Gasteiger partial charge < -0.3 is 22.9 Å². The fourth-order valence-electron chi connectivity index (χ4n) is 3.62. The summed E-state index contributed by atoms with van der Waals surface area (Å²) in [5.74, 6) is 0.184. The van der Waals surface area contributed by atoms with Gasteiger partial charge in [0.05, 0.1) is 0 Å². The first kappa shape index (κ1) is 28.1. The Labute approximate surface area is 190 Å². The highest BCUT2D eigenvalue weighted by Gasteiger charge is 2.32. The Balaban J connectivity index is 1.98. The van der Waals surface area contributed by atoms with Crippen molar-refractivity contribution >= 4 is 25.3 Å². The van der Waals surface area contributed by atoms with E-state index in [4.69, 9.17) is 31.6 Å². The van der Waals surface area contributed by atoms with Crippen LogP contribution in [-0.4, -0.2) is 50.3 Å². The van der Waals surface area contributed by atoms with Crippen LogP contribution in [0.2, 0.25) is 0 Å². The number of carbonyl (C=O) groups is 1. The molecule has 0 unspecified atom stereocenters. The maximum absolute atomic E-state index is 12.4. The highest BCUT2D eigenvalue weighted by Crippen LogP contribution is 2.60. The van der Waals surface area contributed by atoms with Crippen molar-refractivity contribution in [2.24, 2.45) is 5.73 Å². The number of hydrogen-bond donors (Lipinski definition) is 1. The van der Waals surface area contributed by atoms with Crippen LogP contribution >= 0.6 is 7.15 Å². The van der Waals surface area contributed by atoms with Gasteiger partial charge in [-0.15, -0.1) is 0 Å². The van der Waals surface area contributed by atoms with Crippen LogP contribution in [-0.2, 0) is 30.6 Å². The molecule has 1 saturated heterocycles. The van der Waals surface area contributed by atoms with E-state index in [1.54, 1.807) is 0 Å². The Morgan fingerprint density at radius 1 is 0.900 bits per heavy atom. The van der Waals surface area contributed by atoms with Crippen molar-refractivity contribution in [1.82, 2.24) is 4.90 Å². The molecule has 30 heavy (non-hydrogen) atoms. The van der Waals surface area contributed by atoms with Gasteiger partial charge in [-0.05, 0) is 6.42 Å². The molecule has 0 spiro atoms. The first-order valence-corrected chi connectivity index (χ1v) is 14.7. The van der Waals surface area contributed by atoms with Crippen molar-refractivity contribution in [3.63, 3.8) is 0 Å². The van der Waals surface area contributed by atoms with Crippen LogP contribution in [0.3, 0.4) is 0 Å². The topological polar surface area (TPSA) is 74.0 Å². The molecule has 1 heterocycles. The second kappa shape index (κ2) is 18.6. The fourth-order valence-corrected chi connectivity index (χ4v) is 5.45. The van der Waals surface area contributed by atoms with Gasteiger partial charge in [-0.1, -0.05) is 84.0 Å². The predicted molar refractivity (Wildman–Crippen MR) is 128 cm³/mol. The largest absolute Gasteiger partial charge is 0.459 e. The first-order chi connectivity index (χ1) is 14.6. The summed E-state index contributed by atoms with van der Waals surface area (Å²) in [4.78, 5) is 14.3. The van der Waals surface area contributed by atoms with E-state index in [1.807, 2.05) is 4.90 Å². The van der Waals surface area contributed by atoms with E-state index >= 15 is 0 Å². The lowest BCUT2D eigenvalue weighted by molar-refractivity contribution is -0.132. The van der Waals surface area contributed by atoms with Crippen LogP contribution in [0.1, 0.15) is 96.8 Å². The summed E-state index contributed by atoms with van der Waals surface area (Å²) >= 11 is 5.32. The molecular formula is C22H45N2O4PS. The van der Waals surface area contributed by atoms with E-state index in [9.17, 15) is 4.79 Å². The summed E-state index contributed by atoms with van der Waals surface area (Å²) in [5, 5.41) is 0. The fraction of sp³-hybridized carbons (Fsp3) is 0.955.